The van der Waals surface area contributed by atoms with Crippen molar-refractivity contribution < 1.29 is 9.18 Å². The molecule has 0 saturated heterocycles. The first kappa shape index (κ1) is 10.9. The van der Waals surface area contributed by atoms with E-state index in [1.807, 2.05) is 0 Å². The highest BCUT2D eigenvalue weighted by atomic mass is 79.9. The van der Waals surface area contributed by atoms with Crippen LogP contribution in [0.5, 0.6) is 0 Å². The predicted octanol–water partition coefficient (Wildman–Crippen LogP) is 2.35. The lowest BCUT2D eigenvalue weighted by molar-refractivity contribution is -0.115. The van der Waals surface area contributed by atoms with E-state index >= 15 is 0 Å². The van der Waals surface area contributed by atoms with Crippen LogP contribution in [-0.2, 0) is 4.79 Å². The highest BCUT2D eigenvalue weighted by molar-refractivity contribution is 9.10. The van der Waals surface area contributed by atoms with Gasteiger partial charge in [0.1, 0.15) is 5.82 Å². The fourth-order valence-corrected chi connectivity index (χ4v) is 1.27. The molecular formula is C10H9BrFNO. The first-order valence-corrected chi connectivity index (χ1v) is 4.77. The standard InChI is InChI=1S/C10H9BrFNO/c1-13-10(14)5-3-7-2-4-9(12)8(11)6-7/h2-6H,1H3,(H,13,14). The van der Waals surface area contributed by atoms with Gasteiger partial charge in [-0.2, -0.15) is 0 Å². The number of carbonyl (C=O) groups excluding carboxylic acids is 1. The molecule has 1 amide bonds. The molecule has 0 atom stereocenters. The summed E-state index contributed by atoms with van der Waals surface area (Å²) in [6.07, 6.45) is 3.00. The van der Waals surface area contributed by atoms with Gasteiger partial charge in [0, 0.05) is 13.1 Å². The Bertz CT molecular complexity index is 376. The molecule has 0 aliphatic carbocycles. The van der Waals surface area contributed by atoms with Crippen LogP contribution in [0, 0.1) is 5.82 Å². The molecule has 1 N–H and O–H groups in total. The van der Waals surface area contributed by atoms with Crippen molar-refractivity contribution >= 4 is 27.9 Å². The number of amides is 1. The summed E-state index contributed by atoms with van der Waals surface area (Å²) < 4.78 is 13.2. The predicted molar refractivity (Wildman–Crippen MR) is 57.2 cm³/mol. The van der Waals surface area contributed by atoms with Crippen molar-refractivity contribution in [2.75, 3.05) is 7.05 Å². The summed E-state index contributed by atoms with van der Waals surface area (Å²) in [4.78, 5) is 10.9. The first-order chi connectivity index (χ1) is 6.63. The summed E-state index contributed by atoms with van der Waals surface area (Å²) in [6, 6.07) is 4.54. The van der Waals surface area contributed by atoms with E-state index < -0.39 is 0 Å². The maximum absolute atomic E-state index is 12.8. The zero-order valence-corrected chi connectivity index (χ0v) is 9.14. The smallest absolute Gasteiger partial charge is 0.243 e. The van der Waals surface area contributed by atoms with E-state index in [2.05, 4.69) is 21.2 Å². The fourth-order valence-electron chi connectivity index (χ4n) is 0.871. The van der Waals surface area contributed by atoms with Crippen LogP contribution in [-0.4, -0.2) is 13.0 Å². The topological polar surface area (TPSA) is 29.1 Å². The zero-order valence-electron chi connectivity index (χ0n) is 7.55. The molecule has 2 nitrogen and oxygen atoms in total. The third-order valence-electron chi connectivity index (χ3n) is 1.62. The molecule has 0 aliphatic rings. The molecular weight excluding hydrogens is 249 g/mol. The molecule has 0 saturated carbocycles. The van der Waals surface area contributed by atoms with Crippen molar-refractivity contribution in [2.45, 2.75) is 0 Å². The van der Waals surface area contributed by atoms with Gasteiger partial charge in [-0.15, -0.1) is 0 Å². The Morgan fingerprint density at radius 3 is 2.86 bits per heavy atom. The molecule has 1 rings (SSSR count). The van der Waals surface area contributed by atoms with Crippen molar-refractivity contribution in [2.24, 2.45) is 0 Å². The van der Waals surface area contributed by atoms with Gasteiger partial charge in [0.05, 0.1) is 4.47 Å². The van der Waals surface area contributed by atoms with Crippen molar-refractivity contribution in [3.8, 4) is 0 Å². The fraction of sp³-hybridized carbons (Fsp3) is 0.100. The van der Waals surface area contributed by atoms with Crippen LogP contribution in [0.2, 0.25) is 0 Å². The molecule has 14 heavy (non-hydrogen) atoms. The Balaban J connectivity index is 2.83. The Hall–Kier alpha value is -1.16. The molecule has 0 heterocycles. The van der Waals surface area contributed by atoms with Crippen LogP contribution in [0.1, 0.15) is 5.56 Å². The largest absolute Gasteiger partial charge is 0.356 e. The van der Waals surface area contributed by atoms with Gasteiger partial charge in [0.15, 0.2) is 0 Å². The number of hydrogen-bond donors (Lipinski definition) is 1. The molecule has 0 fully saturated rings. The van der Waals surface area contributed by atoms with Crippen LogP contribution < -0.4 is 5.32 Å². The molecule has 0 spiro atoms. The summed E-state index contributed by atoms with van der Waals surface area (Å²) in [7, 11) is 1.55. The van der Waals surface area contributed by atoms with Gasteiger partial charge in [-0.1, -0.05) is 6.07 Å². The van der Waals surface area contributed by atoms with Crippen molar-refractivity contribution in [3.63, 3.8) is 0 Å². The summed E-state index contributed by atoms with van der Waals surface area (Å²) >= 11 is 3.06. The third kappa shape index (κ3) is 2.96. The maximum Gasteiger partial charge on any atom is 0.243 e. The highest BCUT2D eigenvalue weighted by Crippen LogP contribution is 2.17. The van der Waals surface area contributed by atoms with E-state index in [4.69, 9.17) is 0 Å². The summed E-state index contributed by atoms with van der Waals surface area (Å²) in [5.41, 5.74) is 0.766. The van der Waals surface area contributed by atoms with Gasteiger partial charge in [-0.05, 0) is 39.7 Å². The average Bonchev–Trinajstić information content (AvgIpc) is 2.19. The number of hydrogen-bond acceptors (Lipinski definition) is 1. The molecule has 74 valence electrons. The minimum absolute atomic E-state index is 0.189. The van der Waals surface area contributed by atoms with E-state index in [1.54, 1.807) is 25.3 Å². The number of nitrogens with one attached hydrogen (secondary N) is 1. The molecule has 0 radical (unpaired) electrons. The molecule has 0 unspecified atom stereocenters. The van der Waals surface area contributed by atoms with Gasteiger partial charge < -0.3 is 5.32 Å². The lowest BCUT2D eigenvalue weighted by Crippen LogP contribution is -2.13. The number of likely N-dealkylation sites (N-methyl/N-ethyl adjacent to an activating group) is 1. The minimum Gasteiger partial charge on any atom is -0.356 e. The van der Waals surface area contributed by atoms with E-state index in [1.165, 1.54) is 12.1 Å². The zero-order chi connectivity index (χ0) is 10.6. The van der Waals surface area contributed by atoms with Gasteiger partial charge in [0.25, 0.3) is 0 Å². The number of rotatable bonds is 2. The molecule has 0 bridgehead atoms. The Morgan fingerprint density at radius 1 is 1.57 bits per heavy atom. The third-order valence-corrected chi connectivity index (χ3v) is 2.22. The second kappa shape index (κ2) is 4.91. The highest BCUT2D eigenvalue weighted by Gasteiger charge is 1.98. The van der Waals surface area contributed by atoms with Crippen molar-refractivity contribution in [3.05, 3.63) is 40.1 Å². The van der Waals surface area contributed by atoms with Crippen LogP contribution in [0.15, 0.2) is 28.7 Å². The Labute approximate surface area is 89.9 Å². The lowest BCUT2D eigenvalue weighted by atomic mass is 10.2. The van der Waals surface area contributed by atoms with Gasteiger partial charge in [0.2, 0.25) is 5.91 Å². The second-order valence-electron chi connectivity index (χ2n) is 2.62. The van der Waals surface area contributed by atoms with E-state index in [9.17, 15) is 9.18 Å². The van der Waals surface area contributed by atoms with Gasteiger partial charge >= 0.3 is 0 Å². The Morgan fingerprint density at radius 2 is 2.29 bits per heavy atom. The van der Waals surface area contributed by atoms with Crippen LogP contribution in [0.25, 0.3) is 6.08 Å². The van der Waals surface area contributed by atoms with Gasteiger partial charge in [-0.3, -0.25) is 4.79 Å². The molecule has 0 aromatic heterocycles. The monoisotopic (exact) mass is 257 g/mol. The van der Waals surface area contributed by atoms with E-state index in [0.717, 1.165) is 5.56 Å². The summed E-state index contributed by atoms with van der Waals surface area (Å²) in [5, 5.41) is 2.45. The average molecular weight is 258 g/mol. The van der Waals surface area contributed by atoms with Crippen LogP contribution in [0.3, 0.4) is 0 Å². The summed E-state index contributed by atoms with van der Waals surface area (Å²) in [6.45, 7) is 0. The number of halogens is 2. The molecule has 0 aliphatic heterocycles. The first-order valence-electron chi connectivity index (χ1n) is 3.98. The SMILES string of the molecule is CNC(=O)C=Cc1ccc(F)c(Br)c1. The van der Waals surface area contributed by atoms with Crippen molar-refractivity contribution in [1.29, 1.82) is 0 Å². The van der Waals surface area contributed by atoms with Crippen LogP contribution in [0.4, 0.5) is 4.39 Å². The van der Waals surface area contributed by atoms with Gasteiger partial charge in [-0.25, -0.2) is 4.39 Å². The molecule has 4 heteroatoms. The summed E-state index contributed by atoms with van der Waals surface area (Å²) in [5.74, 6) is -0.507. The molecule has 1 aromatic rings. The Kier molecular flexibility index (Phi) is 3.83. The minimum atomic E-state index is -0.318. The maximum atomic E-state index is 12.8. The second-order valence-corrected chi connectivity index (χ2v) is 3.48. The quantitative estimate of drug-likeness (QED) is 0.810. The van der Waals surface area contributed by atoms with Crippen LogP contribution >= 0.6 is 15.9 Å². The number of carbonyl (C=O) groups is 1. The molecule has 1 aromatic carbocycles. The lowest BCUT2D eigenvalue weighted by Gasteiger charge is -1.96. The van der Waals surface area contributed by atoms with Crippen molar-refractivity contribution in [1.82, 2.24) is 5.32 Å². The number of benzene rings is 1. The normalized spacial score (nSPS) is 10.5. The van der Waals surface area contributed by atoms with E-state index in [0.29, 0.717) is 4.47 Å². The van der Waals surface area contributed by atoms with E-state index in [-0.39, 0.29) is 11.7 Å².